The molecule has 0 aliphatic carbocycles. The normalized spacial score (nSPS) is 10.2. The highest BCUT2D eigenvalue weighted by Gasteiger charge is 1.99. The van der Waals surface area contributed by atoms with Gasteiger partial charge in [0.05, 0.1) is 6.54 Å². The molecule has 17 heavy (non-hydrogen) atoms. The molecule has 0 fully saturated rings. The molecular formula is C13H16N4. The summed E-state index contributed by atoms with van der Waals surface area (Å²) in [6, 6.07) is 8.01. The summed E-state index contributed by atoms with van der Waals surface area (Å²) in [6.45, 7) is 4.73. The molecule has 0 aliphatic heterocycles. The van der Waals surface area contributed by atoms with E-state index in [-0.39, 0.29) is 0 Å². The highest BCUT2D eigenvalue weighted by Crippen LogP contribution is 2.14. The quantitative estimate of drug-likeness (QED) is 0.846. The van der Waals surface area contributed by atoms with E-state index in [2.05, 4.69) is 47.3 Å². The standard InChI is InChI=1S/C13H16N4/c1-9-5-10(2)7-11(6-9)16-8-13-15-4-3-12(14)17-13/h3-7,16H,8H2,1-2H3,(H2,14,15,17). The molecule has 0 amide bonds. The SMILES string of the molecule is Cc1cc(C)cc(NCc2nccc(N)n2)c1. The van der Waals surface area contributed by atoms with Gasteiger partial charge >= 0.3 is 0 Å². The number of rotatable bonds is 3. The Kier molecular flexibility index (Phi) is 3.23. The lowest BCUT2D eigenvalue weighted by Crippen LogP contribution is -2.05. The van der Waals surface area contributed by atoms with Crippen LogP contribution in [0.5, 0.6) is 0 Å². The van der Waals surface area contributed by atoms with Crippen molar-refractivity contribution in [2.75, 3.05) is 11.1 Å². The van der Waals surface area contributed by atoms with Gasteiger partial charge in [-0.15, -0.1) is 0 Å². The zero-order valence-electron chi connectivity index (χ0n) is 10.1. The first-order valence-corrected chi connectivity index (χ1v) is 5.53. The van der Waals surface area contributed by atoms with Crippen LogP contribution in [-0.4, -0.2) is 9.97 Å². The number of hydrogen-bond acceptors (Lipinski definition) is 4. The fraction of sp³-hybridized carbons (Fsp3) is 0.231. The van der Waals surface area contributed by atoms with Crippen molar-refractivity contribution in [3.05, 3.63) is 47.4 Å². The summed E-state index contributed by atoms with van der Waals surface area (Å²) in [4.78, 5) is 8.28. The molecule has 1 aromatic carbocycles. The lowest BCUT2D eigenvalue weighted by Gasteiger charge is -2.08. The van der Waals surface area contributed by atoms with E-state index in [4.69, 9.17) is 5.73 Å². The van der Waals surface area contributed by atoms with E-state index in [9.17, 15) is 0 Å². The van der Waals surface area contributed by atoms with Crippen molar-refractivity contribution in [3.8, 4) is 0 Å². The van der Waals surface area contributed by atoms with Gasteiger partial charge in [0.15, 0.2) is 0 Å². The Balaban J connectivity index is 2.07. The summed E-state index contributed by atoms with van der Waals surface area (Å²) in [7, 11) is 0. The summed E-state index contributed by atoms with van der Waals surface area (Å²) < 4.78 is 0. The van der Waals surface area contributed by atoms with Crippen LogP contribution in [0, 0.1) is 13.8 Å². The average Bonchev–Trinajstić information content (AvgIpc) is 2.25. The molecule has 0 aliphatic rings. The monoisotopic (exact) mass is 228 g/mol. The Bertz CT molecular complexity index is 502. The van der Waals surface area contributed by atoms with Crippen molar-refractivity contribution in [1.29, 1.82) is 0 Å². The molecule has 4 heteroatoms. The van der Waals surface area contributed by atoms with Crippen molar-refractivity contribution in [1.82, 2.24) is 9.97 Å². The van der Waals surface area contributed by atoms with Crippen LogP contribution in [0.4, 0.5) is 11.5 Å². The Morgan fingerprint density at radius 3 is 2.53 bits per heavy atom. The molecule has 3 N–H and O–H groups in total. The van der Waals surface area contributed by atoms with Crippen LogP contribution < -0.4 is 11.1 Å². The minimum atomic E-state index is 0.497. The molecule has 1 heterocycles. The second-order valence-corrected chi connectivity index (χ2v) is 4.13. The van der Waals surface area contributed by atoms with Crippen molar-refractivity contribution in [3.63, 3.8) is 0 Å². The van der Waals surface area contributed by atoms with Crippen LogP contribution in [0.1, 0.15) is 17.0 Å². The molecule has 0 saturated carbocycles. The zero-order valence-corrected chi connectivity index (χ0v) is 10.1. The van der Waals surface area contributed by atoms with E-state index in [1.165, 1.54) is 11.1 Å². The van der Waals surface area contributed by atoms with Crippen LogP contribution in [-0.2, 0) is 6.54 Å². The number of nitrogens with one attached hydrogen (secondary N) is 1. The van der Waals surface area contributed by atoms with E-state index in [0.717, 1.165) is 5.69 Å². The summed E-state index contributed by atoms with van der Waals surface area (Å²) in [5, 5.41) is 3.29. The number of hydrogen-bond donors (Lipinski definition) is 2. The Hall–Kier alpha value is -2.10. The minimum Gasteiger partial charge on any atom is -0.384 e. The third-order valence-electron chi connectivity index (χ3n) is 2.40. The lowest BCUT2D eigenvalue weighted by molar-refractivity contribution is 0.953. The van der Waals surface area contributed by atoms with Gasteiger partial charge < -0.3 is 11.1 Å². The number of nitrogen functional groups attached to an aromatic ring is 1. The first kappa shape index (κ1) is 11.4. The van der Waals surface area contributed by atoms with Gasteiger partial charge in [0.25, 0.3) is 0 Å². The largest absolute Gasteiger partial charge is 0.384 e. The molecule has 0 radical (unpaired) electrons. The number of aromatic nitrogens is 2. The third-order valence-corrected chi connectivity index (χ3v) is 2.40. The minimum absolute atomic E-state index is 0.497. The predicted octanol–water partition coefficient (Wildman–Crippen LogP) is 2.29. The van der Waals surface area contributed by atoms with Gasteiger partial charge in [-0.1, -0.05) is 6.07 Å². The topological polar surface area (TPSA) is 63.8 Å². The zero-order chi connectivity index (χ0) is 12.3. The molecule has 2 rings (SSSR count). The maximum atomic E-state index is 5.60. The second kappa shape index (κ2) is 4.82. The van der Waals surface area contributed by atoms with Gasteiger partial charge in [-0.3, -0.25) is 0 Å². The number of anilines is 2. The molecule has 0 atom stereocenters. The van der Waals surface area contributed by atoms with Gasteiger partial charge in [-0.25, -0.2) is 9.97 Å². The Morgan fingerprint density at radius 2 is 1.88 bits per heavy atom. The second-order valence-electron chi connectivity index (χ2n) is 4.13. The molecule has 4 nitrogen and oxygen atoms in total. The predicted molar refractivity (Wildman–Crippen MR) is 69.7 cm³/mol. The maximum Gasteiger partial charge on any atom is 0.149 e. The summed E-state index contributed by atoms with van der Waals surface area (Å²) >= 11 is 0. The first-order valence-electron chi connectivity index (χ1n) is 5.53. The molecule has 88 valence electrons. The molecule has 0 unspecified atom stereocenters. The van der Waals surface area contributed by atoms with Crippen molar-refractivity contribution in [2.24, 2.45) is 0 Å². The average molecular weight is 228 g/mol. The van der Waals surface area contributed by atoms with E-state index < -0.39 is 0 Å². The number of benzene rings is 1. The van der Waals surface area contributed by atoms with E-state index >= 15 is 0 Å². The molecular weight excluding hydrogens is 212 g/mol. The van der Waals surface area contributed by atoms with Crippen molar-refractivity contribution < 1.29 is 0 Å². The summed E-state index contributed by atoms with van der Waals surface area (Å²) in [5.74, 6) is 1.20. The van der Waals surface area contributed by atoms with E-state index in [1.807, 2.05) is 0 Å². The molecule has 1 aromatic heterocycles. The smallest absolute Gasteiger partial charge is 0.149 e. The van der Waals surface area contributed by atoms with Crippen LogP contribution in [0.2, 0.25) is 0 Å². The maximum absolute atomic E-state index is 5.60. The number of nitrogens with zero attached hydrogens (tertiary/aromatic N) is 2. The molecule has 0 bridgehead atoms. The summed E-state index contributed by atoms with van der Waals surface area (Å²) in [6.07, 6.45) is 1.67. The highest BCUT2D eigenvalue weighted by atomic mass is 15.0. The fourth-order valence-corrected chi connectivity index (χ4v) is 1.76. The first-order chi connectivity index (χ1) is 8.13. The van der Waals surface area contributed by atoms with E-state index in [0.29, 0.717) is 18.2 Å². The number of aryl methyl sites for hydroxylation is 2. The van der Waals surface area contributed by atoms with Crippen molar-refractivity contribution >= 4 is 11.5 Å². The van der Waals surface area contributed by atoms with Gasteiger partial charge in [-0.05, 0) is 43.2 Å². The fourth-order valence-electron chi connectivity index (χ4n) is 1.76. The van der Waals surface area contributed by atoms with Gasteiger partial charge in [0.1, 0.15) is 11.6 Å². The summed E-state index contributed by atoms with van der Waals surface area (Å²) in [5.41, 5.74) is 9.15. The lowest BCUT2D eigenvalue weighted by atomic mass is 10.1. The van der Waals surface area contributed by atoms with Gasteiger partial charge in [0, 0.05) is 11.9 Å². The Morgan fingerprint density at radius 1 is 1.18 bits per heavy atom. The van der Waals surface area contributed by atoms with Crippen LogP contribution in [0.15, 0.2) is 30.5 Å². The molecule has 0 spiro atoms. The van der Waals surface area contributed by atoms with Crippen LogP contribution in [0.3, 0.4) is 0 Å². The van der Waals surface area contributed by atoms with E-state index in [1.54, 1.807) is 12.3 Å². The van der Waals surface area contributed by atoms with Gasteiger partial charge in [-0.2, -0.15) is 0 Å². The van der Waals surface area contributed by atoms with Crippen LogP contribution >= 0.6 is 0 Å². The van der Waals surface area contributed by atoms with Crippen molar-refractivity contribution in [2.45, 2.75) is 20.4 Å². The highest BCUT2D eigenvalue weighted by molar-refractivity contribution is 5.48. The molecule has 2 aromatic rings. The van der Waals surface area contributed by atoms with Gasteiger partial charge in [0.2, 0.25) is 0 Å². The molecule has 0 saturated heterocycles. The third kappa shape index (κ3) is 3.17. The Labute approximate surface area is 101 Å². The number of nitrogens with two attached hydrogens (primary N) is 1. The van der Waals surface area contributed by atoms with Crippen LogP contribution in [0.25, 0.3) is 0 Å².